The third kappa shape index (κ3) is 3.95. The van der Waals surface area contributed by atoms with Gasteiger partial charge in [-0.05, 0) is 6.92 Å². The first-order valence-corrected chi connectivity index (χ1v) is 3.17. The second kappa shape index (κ2) is 3.93. The maximum absolute atomic E-state index is 6.42. The van der Waals surface area contributed by atoms with Crippen LogP contribution in [0.1, 0.15) is 20.8 Å². The van der Waals surface area contributed by atoms with Crippen LogP contribution < -0.4 is 0 Å². The van der Waals surface area contributed by atoms with Crippen molar-refractivity contribution in [1.29, 1.82) is 5.53 Å². The first kappa shape index (κ1) is 9.01. The zero-order chi connectivity index (χ0) is 8.04. The molecule has 0 radical (unpaired) electrons. The highest BCUT2D eigenvalue weighted by atomic mass is 15.3. The SMILES string of the molecule is C/C=C\C(C)(C)/C=N\N=N. The molecule has 0 aliphatic heterocycles. The Morgan fingerprint density at radius 2 is 2.00 bits per heavy atom. The summed E-state index contributed by atoms with van der Waals surface area (Å²) in [6.07, 6.45) is 5.59. The van der Waals surface area contributed by atoms with Gasteiger partial charge in [-0.25, -0.2) is 0 Å². The van der Waals surface area contributed by atoms with Crippen LogP contribution in [0.5, 0.6) is 0 Å². The lowest BCUT2D eigenvalue weighted by atomic mass is 9.95. The highest BCUT2D eigenvalue weighted by Gasteiger charge is 2.08. The maximum atomic E-state index is 6.42. The number of hydrogen-bond acceptors (Lipinski definition) is 2. The Morgan fingerprint density at radius 3 is 2.40 bits per heavy atom. The molecule has 0 spiro atoms. The lowest BCUT2D eigenvalue weighted by Crippen LogP contribution is -2.07. The van der Waals surface area contributed by atoms with Crippen LogP contribution in [0.25, 0.3) is 0 Å². The van der Waals surface area contributed by atoms with Gasteiger partial charge in [0.05, 0.1) is 0 Å². The number of nitrogens with one attached hydrogen (secondary N) is 1. The molecule has 1 N–H and O–H groups in total. The Labute approximate surface area is 61.3 Å². The first-order chi connectivity index (χ1) is 4.62. The van der Waals surface area contributed by atoms with Gasteiger partial charge in [0.1, 0.15) is 0 Å². The molecule has 0 aliphatic rings. The molecule has 0 atom stereocenters. The summed E-state index contributed by atoms with van der Waals surface area (Å²) in [6.45, 7) is 5.96. The van der Waals surface area contributed by atoms with Gasteiger partial charge in [-0.15, -0.1) is 5.10 Å². The molecule has 0 saturated carbocycles. The Bertz CT molecular complexity index is 156. The van der Waals surface area contributed by atoms with E-state index in [0.717, 1.165) is 0 Å². The van der Waals surface area contributed by atoms with Crippen LogP contribution in [0.3, 0.4) is 0 Å². The van der Waals surface area contributed by atoms with Crippen LogP contribution in [0.4, 0.5) is 0 Å². The summed E-state index contributed by atoms with van der Waals surface area (Å²) in [6, 6.07) is 0. The van der Waals surface area contributed by atoms with Crippen LogP contribution in [0.15, 0.2) is 22.5 Å². The molecular weight excluding hydrogens is 126 g/mol. The van der Waals surface area contributed by atoms with E-state index in [1.54, 1.807) is 6.21 Å². The summed E-state index contributed by atoms with van der Waals surface area (Å²) >= 11 is 0. The van der Waals surface area contributed by atoms with E-state index in [4.69, 9.17) is 5.53 Å². The Hall–Kier alpha value is -0.990. The van der Waals surface area contributed by atoms with Crippen molar-refractivity contribution in [3.05, 3.63) is 12.2 Å². The van der Waals surface area contributed by atoms with Crippen molar-refractivity contribution in [2.45, 2.75) is 20.8 Å². The minimum Gasteiger partial charge on any atom is -0.185 e. The molecular formula is C7H13N3. The summed E-state index contributed by atoms with van der Waals surface area (Å²) < 4.78 is 0. The fraction of sp³-hybridized carbons (Fsp3) is 0.571. The lowest BCUT2D eigenvalue weighted by Gasteiger charge is -2.10. The highest BCUT2D eigenvalue weighted by Crippen LogP contribution is 2.12. The molecule has 0 fully saturated rings. The predicted molar refractivity (Wildman–Crippen MR) is 42.2 cm³/mol. The van der Waals surface area contributed by atoms with Crippen molar-refractivity contribution in [2.24, 2.45) is 15.7 Å². The van der Waals surface area contributed by atoms with Gasteiger partial charge in [-0.3, -0.25) is 0 Å². The van der Waals surface area contributed by atoms with E-state index in [-0.39, 0.29) is 5.41 Å². The molecule has 0 unspecified atom stereocenters. The van der Waals surface area contributed by atoms with E-state index < -0.39 is 0 Å². The molecule has 0 heterocycles. The molecule has 56 valence electrons. The third-order valence-corrected chi connectivity index (χ3v) is 1.04. The normalized spacial score (nSPS) is 13.1. The Kier molecular flexibility index (Phi) is 3.54. The molecule has 0 bridgehead atoms. The van der Waals surface area contributed by atoms with E-state index in [0.29, 0.717) is 0 Å². The maximum Gasteiger partial charge on any atom is 0.0382 e. The molecule has 0 rings (SSSR count). The topological polar surface area (TPSA) is 48.6 Å². The van der Waals surface area contributed by atoms with Crippen molar-refractivity contribution < 1.29 is 0 Å². The molecule has 0 aromatic rings. The second-order valence-corrected chi connectivity index (χ2v) is 2.67. The van der Waals surface area contributed by atoms with E-state index in [2.05, 4.69) is 10.3 Å². The van der Waals surface area contributed by atoms with E-state index >= 15 is 0 Å². The molecule has 10 heavy (non-hydrogen) atoms. The average molecular weight is 139 g/mol. The van der Waals surface area contributed by atoms with Crippen LogP contribution in [0, 0.1) is 10.9 Å². The molecule has 0 aliphatic carbocycles. The zero-order valence-electron chi connectivity index (χ0n) is 6.63. The molecule has 0 aromatic carbocycles. The van der Waals surface area contributed by atoms with Gasteiger partial charge in [-0.1, -0.05) is 31.2 Å². The van der Waals surface area contributed by atoms with Crippen molar-refractivity contribution in [1.82, 2.24) is 0 Å². The molecule has 0 saturated heterocycles. The third-order valence-electron chi connectivity index (χ3n) is 1.04. The van der Waals surface area contributed by atoms with Gasteiger partial charge in [0.25, 0.3) is 0 Å². The Morgan fingerprint density at radius 1 is 1.40 bits per heavy atom. The fourth-order valence-electron chi connectivity index (χ4n) is 0.650. The molecule has 0 aromatic heterocycles. The number of hydrogen-bond donors (Lipinski definition) is 1. The number of nitrogens with zero attached hydrogens (tertiary/aromatic N) is 2. The number of allylic oxidation sites excluding steroid dienone is 2. The number of rotatable bonds is 3. The first-order valence-electron chi connectivity index (χ1n) is 3.17. The zero-order valence-corrected chi connectivity index (χ0v) is 6.63. The smallest absolute Gasteiger partial charge is 0.0382 e. The second-order valence-electron chi connectivity index (χ2n) is 2.67. The Balaban J connectivity index is 4.10. The van der Waals surface area contributed by atoms with Gasteiger partial charge in [0, 0.05) is 11.6 Å². The van der Waals surface area contributed by atoms with Gasteiger partial charge in [0.15, 0.2) is 0 Å². The molecule has 3 heteroatoms. The summed E-state index contributed by atoms with van der Waals surface area (Å²) in [7, 11) is 0. The van der Waals surface area contributed by atoms with E-state index in [1.165, 1.54) is 0 Å². The minimum atomic E-state index is -0.0840. The average Bonchev–Trinajstić information content (AvgIpc) is 1.84. The fourth-order valence-corrected chi connectivity index (χ4v) is 0.650. The summed E-state index contributed by atoms with van der Waals surface area (Å²) in [4.78, 5) is 0. The van der Waals surface area contributed by atoms with Gasteiger partial charge in [-0.2, -0.15) is 5.53 Å². The standard InChI is InChI=1S/C7H13N3/c1-4-5-7(2,3)6-9-10-8/h4-6,8H,1-3H3/b5-4-,9-6-,10-8?. The van der Waals surface area contributed by atoms with Crippen molar-refractivity contribution in [2.75, 3.05) is 0 Å². The molecule has 0 amide bonds. The van der Waals surface area contributed by atoms with Crippen molar-refractivity contribution in [3.63, 3.8) is 0 Å². The predicted octanol–water partition coefficient (Wildman–Crippen LogP) is 2.61. The van der Waals surface area contributed by atoms with Crippen molar-refractivity contribution in [3.8, 4) is 0 Å². The summed E-state index contributed by atoms with van der Waals surface area (Å²) in [5, 5.41) is 6.37. The lowest BCUT2D eigenvalue weighted by molar-refractivity contribution is 0.687. The van der Waals surface area contributed by atoms with Crippen molar-refractivity contribution >= 4 is 6.21 Å². The summed E-state index contributed by atoms with van der Waals surface area (Å²) in [5.74, 6) is 0. The van der Waals surface area contributed by atoms with Gasteiger partial charge in [0.2, 0.25) is 0 Å². The largest absolute Gasteiger partial charge is 0.185 e. The minimum absolute atomic E-state index is 0.0840. The van der Waals surface area contributed by atoms with Gasteiger partial charge < -0.3 is 0 Å². The highest BCUT2D eigenvalue weighted by molar-refractivity contribution is 5.67. The van der Waals surface area contributed by atoms with Crippen LogP contribution >= 0.6 is 0 Å². The van der Waals surface area contributed by atoms with Crippen LogP contribution in [-0.2, 0) is 0 Å². The quantitative estimate of drug-likeness (QED) is 0.270. The van der Waals surface area contributed by atoms with Crippen LogP contribution in [-0.4, -0.2) is 6.21 Å². The monoisotopic (exact) mass is 139 g/mol. The van der Waals surface area contributed by atoms with Gasteiger partial charge >= 0.3 is 0 Å². The molecule has 3 nitrogen and oxygen atoms in total. The van der Waals surface area contributed by atoms with Crippen LogP contribution in [0.2, 0.25) is 0 Å². The summed E-state index contributed by atoms with van der Waals surface area (Å²) in [5.41, 5.74) is 6.33. The van der Waals surface area contributed by atoms with E-state index in [1.807, 2.05) is 32.9 Å². The van der Waals surface area contributed by atoms with E-state index in [9.17, 15) is 0 Å².